The molecule has 1 saturated heterocycles. The van der Waals surface area contributed by atoms with Crippen LogP contribution in [0, 0.1) is 5.92 Å². The van der Waals surface area contributed by atoms with Gasteiger partial charge in [0.15, 0.2) is 5.13 Å². The molecule has 0 amide bonds. The summed E-state index contributed by atoms with van der Waals surface area (Å²) in [5.74, 6) is 0.733. The lowest BCUT2D eigenvalue weighted by Gasteiger charge is -2.36. The number of anilines is 1. The number of nitrogens with two attached hydrogens (primary N) is 1. The Morgan fingerprint density at radius 2 is 2.11 bits per heavy atom. The molecule has 100 valence electrons. The number of rotatable bonds is 3. The van der Waals surface area contributed by atoms with E-state index in [4.69, 9.17) is 5.73 Å². The molecule has 0 aromatic carbocycles. The van der Waals surface area contributed by atoms with Crippen molar-refractivity contribution < 1.29 is 0 Å². The van der Waals surface area contributed by atoms with Gasteiger partial charge in [0.05, 0.1) is 0 Å². The molecule has 5 heteroatoms. The summed E-state index contributed by atoms with van der Waals surface area (Å²) in [5, 5.41) is 3.23. The Morgan fingerprint density at radius 1 is 1.28 bits per heavy atom. The second-order valence-electron chi connectivity index (χ2n) is 5.46. The molecule has 0 spiro atoms. The number of aromatic nitrogens is 1. The largest absolute Gasteiger partial charge is 0.346 e. The number of hydrogen-bond donors (Lipinski definition) is 1. The van der Waals surface area contributed by atoms with Crippen molar-refractivity contribution in [3.05, 3.63) is 11.6 Å². The molecular weight excluding hydrogens is 244 g/mol. The van der Waals surface area contributed by atoms with Crippen LogP contribution in [0.1, 0.15) is 19.3 Å². The van der Waals surface area contributed by atoms with E-state index in [2.05, 4.69) is 20.2 Å². The molecule has 0 radical (unpaired) electrons. The van der Waals surface area contributed by atoms with Gasteiger partial charge in [-0.25, -0.2) is 4.98 Å². The second kappa shape index (κ2) is 5.55. The van der Waals surface area contributed by atoms with E-state index in [1.54, 1.807) is 11.3 Å². The third-order valence-electron chi connectivity index (χ3n) is 4.27. The van der Waals surface area contributed by atoms with Crippen LogP contribution >= 0.6 is 11.3 Å². The van der Waals surface area contributed by atoms with Crippen molar-refractivity contribution in [2.24, 2.45) is 11.7 Å². The minimum Gasteiger partial charge on any atom is -0.346 e. The SMILES string of the molecule is NC1CCCC1CN1CCN(c2nccs2)CC1. The Hall–Kier alpha value is -0.650. The molecule has 2 N–H and O–H groups in total. The first-order valence-electron chi connectivity index (χ1n) is 6.95. The summed E-state index contributed by atoms with van der Waals surface area (Å²) in [6.07, 6.45) is 5.77. The van der Waals surface area contributed by atoms with E-state index in [0.717, 1.165) is 32.1 Å². The van der Waals surface area contributed by atoms with Crippen LogP contribution in [-0.2, 0) is 0 Å². The minimum atomic E-state index is 0.446. The molecule has 1 aromatic heterocycles. The predicted molar refractivity (Wildman–Crippen MR) is 76.1 cm³/mol. The first-order valence-corrected chi connectivity index (χ1v) is 7.83. The van der Waals surface area contributed by atoms with Crippen molar-refractivity contribution in [1.29, 1.82) is 0 Å². The fourth-order valence-corrected chi connectivity index (χ4v) is 3.81. The normalized spacial score (nSPS) is 29.9. The van der Waals surface area contributed by atoms with Gasteiger partial charge in [0, 0.05) is 50.3 Å². The molecule has 2 aliphatic rings. The molecule has 1 aliphatic heterocycles. The average molecular weight is 266 g/mol. The lowest BCUT2D eigenvalue weighted by molar-refractivity contribution is 0.212. The Balaban J connectivity index is 1.48. The number of nitrogens with zero attached hydrogens (tertiary/aromatic N) is 3. The van der Waals surface area contributed by atoms with Gasteiger partial charge in [-0.05, 0) is 18.8 Å². The van der Waals surface area contributed by atoms with Gasteiger partial charge in [0.1, 0.15) is 0 Å². The van der Waals surface area contributed by atoms with Gasteiger partial charge >= 0.3 is 0 Å². The van der Waals surface area contributed by atoms with Gasteiger partial charge in [-0.15, -0.1) is 11.3 Å². The molecule has 18 heavy (non-hydrogen) atoms. The monoisotopic (exact) mass is 266 g/mol. The molecule has 2 unspecified atom stereocenters. The zero-order valence-electron chi connectivity index (χ0n) is 10.8. The van der Waals surface area contributed by atoms with Crippen molar-refractivity contribution in [1.82, 2.24) is 9.88 Å². The highest BCUT2D eigenvalue weighted by molar-refractivity contribution is 7.13. The van der Waals surface area contributed by atoms with Crippen molar-refractivity contribution in [2.45, 2.75) is 25.3 Å². The van der Waals surface area contributed by atoms with E-state index in [9.17, 15) is 0 Å². The van der Waals surface area contributed by atoms with E-state index in [1.165, 1.54) is 30.9 Å². The average Bonchev–Trinajstić information content (AvgIpc) is 3.03. The Kier molecular flexibility index (Phi) is 3.82. The van der Waals surface area contributed by atoms with E-state index >= 15 is 0 Å². The van der Waals surface area contributed by atoms with Gasteiger partial charge in [-0.1, -0.05) is 6.42 Å². The first kappa shape index (κ1) is 12.4. The lowest BCUT2D eigenvalue weighted by Crippen LogP contribution is -2.49. The van der Waals surface area contributed by atoms with Gasteiger partial charge in [0.2, 0.25) is 0 Å². The van der Waals surface area contributed by atoms with Crippen LogP contribution in [0.15, 0.2) is 11.6 Å². The zero-order chi connectivity index (χ0) is 12.4. The topological polar surface area (TPSA) is 45.4 Å². The van der Waals surface area contributed by atoms with Crippen LogP contribution in [-0.4, -0.2) is 48.6 Å². The van der Waals surface area contributed by atoms with Crippen LogP contribution in [0.3, 0.4) is 0 Å². The minimum absolute atomic E-state index is 0.446. The van der Waals surface area contributed by atoms with Crippen molar-refractivity contribution in [2.75, 3.05) is 37.6 Å². The maximum atomic E-state index is 6.16. The van der Waals surface area contributed by atoms with Crippen LogP contribution in [0.5, 0.6) is 0 Å². The number of hydrogen-bond acceptors (Lipinski definition) is 5. The summed E-state index contributed by atoms with van der Waals surface area (Å²) in [6, 6.07) is 0.446. The van der Waals surface area contributed by atoms with Crippen LogP contribution < -0.4 is 10.6 Å². The molecule has 2 fully saturated rings. The van der Waals surface area contributed by atoms with Crippen molar-refractivity contribution in [3.63, 3.8) is 0 Å². The molecule has 2 atom stereocenters. The summed E-state index contributed by atoms with van der Waals surface area (Å²) >= 11 is 1.74. The summed E-state index contributed by atoms with van der Waals surface area (Å²) < 4.78 is 0. The van der Waals surface area contributed by atoms with Gasteiger partial charge < -0.3 is 10.6 Å². The zero-order valence-corrected chi connectivity index (χ0v) is 11.6. The fourth-order valence-electron chi connectivity index (χ4n) is 3.12. The quantitative estimate of drug-likeness (QED) is 0.898. The summed E-state index contributed by atoms with van der Waals surface area (Å²) in [6.45, 7) is 5.73. The van der Waals surface area contributed by atoms with Gasteiger partial charge in [0.25, 0.3) is 0 Å². The third kappa shape index (κ3) is 2.68. The molecule has 1 aromatic rings. The van der Waals surface area contributed by atoms with Crippen LogP contribution in [0.2, 0.25) is 0 Å². The molecule has 4 nitrogen and oxygen atoms in total. The highest BCUT2D eigenvalue weighted by atomic mass is 32.1. The molecule has 0 bridgehead atoms. The first-order chi connectivity index (χ1) is 8.83. The maximum Gasteiger partial charge on any atom is 0.185 e. The maximum absolute atomic E-state index is 6.16. The third-order valence-corrected chi connectivity index (χ3v) is 5.10. The molecule has 2 heterocycles. The van der Waals surface area contributed by atoms with Gasteiger partial charge in [-0.2, -0.15) is 0 Å². The molecular formula is C13H22N4S. The van der Waals surface area contributed by atoms with E-state index in [1.807, 2.05) is 6.20 Å². The lowest BCUT2D eigenvalue weighted by atomic mass is 10.0. The Bertz CT molecular complexity index is 359. The number of thiazole rings is 1. The van der Waals surface area contributed by atoms with Crippen molar-refractivity contribution >= 4 is 16.5 Å². The molecule has 3 rings (SSSR count). The van der Waals surface area contributed by atoms with Crippen LogP contribution in [0.4, 0.5) is 5.13 Å². The summed E-state index contributed by atoms with van der Waals surface area (Å²) in [7, 11) is 0. The van der Waals surface area contributed by atoms with Crippen LogP contribution in [0.25, 0.3) is 0 Å². The molecule has 1 aliphatic carbocycles. The summed E-state index contributed by atoms with van der Waals surface area (Å²) in [5.41, 5.74) is 6.16. The van der Waals surface area contributed by atoms with E-state index < -0.39 is 0 Å². The highest BCUT2D eigenvalue weighted by Crippen LogP contribution is 2.26. The predicted octanol–water partition coefficient (Wildman–Crippen LogP) is 1.39. The smallest absolute Gasteiger partial charge is 0.185 e. The fraction of sp³-hybridized carbons (Fsp3) is 0.769. The van der Waals surface area contributed by atoms with E-state index in [-0.39, 0.29) is 0 Å². The standard InChI is InChI=1S/C13H22N4S/c14-12-3-1-2-11(12)10-16-5-7-17(8-6-16)13-15-4-9-18-13/h4,9,11-12H,1-3,5-8,10,14H2. The highest BCUT2D eigenvalue weighted by Gasteiger charge is 2.27. The Morgan fingerprint density at radius 3 is 2.72 bits per heavy atom. The van der Waals surface area contributed by atoms with Gasteiger partial charge in [-0.3, -0.25) is 4.90 Å². The van der Waals surface area contributed by atoms with E-state index in [0.29, 0.717) is 6.04 Å². The van der Waals surface area contributed by atoms with Crippen molar-refractivity contribution in [3.8, 4) is 0 Å². The Labute approximate surface area is 113 Å². The second-order valence-corrected chi connectivity index (χ2v) is 6.33. The number of piperazine rings is 1. The molecule has 1 saturated carbocycles. The summed E-state index contributed by atoms with van der Waals surface area (Å²) in [4.78, 5) is 9.37.